The van der Waals surface area contributed by atoms with E-state index in [-0.39, 0.29) is 10.8 Å². The van der Waals surface area contributed by atoms with Gasteiger partial charge in [-0.05, 0) is 85.9 Å². The predicted octanol–water partition coefficient (Wildman–Crippen LogP) is 2.77. The lowest BCUT2D eigenvalue weighted by Gasteiger charge is -2.64. The Balaban J connectivity index is 1.34. The maximum absolute atomic E-state index is 10.4. The van der Waals surface area contributed by atoms with Crippen LogP contribution in [0.4, 0.5) is 0 Å². The molecule has 5 aliphatic rings. The van der Waals surface area contributed by atoms with Crippen LogP contribution in [0.1, 0.15) is 72.1 Å². The van der Waals surface area contributed by atoms with E-state index in [9.17, 15) is 20.4 Å². The molecule has 182 valence electrons. The number of rotatable bonds is 4. The van der Waals surface area contributed by atoms with Crippen LogP contribution in [-0.2, 0) is 9.47 Å². The molecule has 1 heterocycles. The van der Waals surface area contributed by atoms with Crippen molar-refractivity contribution in [2.45, 2.75) is 103 Å². The molecule has 1 spiro atoms. The minimum absolute atomic E-state index is 0.0262. The highest BCUT2D eigenvalue weighted by Gasteiger charge is 2.62. The first-order chi connectivity index (χ1) is 15.1. The molecule has 6 nitrogen and oxygen atoms in total. The highest BCUT2D eigenvalue weighted by atomic mass is 16.7. The van der Waals surface area contributed by atoms with Crippen LogP contribution in [0.2, 0.25) is 0 Å². The quantitative estimate of drug-likeness (QED) is 0.492. The molecular weight excluding hydrogens is 408 g/mol. The number of allylic oxidation sites excluding steroid dienone is 2. The molecule has 4 N–H and O–H groups in total. The normalized spacial score (nSPS) is 55.2. The van der Waals surface area contributed by atoms with Crippen molar-refractivity contribution in [2.24, 2.45) is 34.0 Å². The monoisotopic (exact) mass is 450 g/mol. The van der Waals surface area contributed by atoms with Gasteiger partial charge in [0.2, 0.25) is 0 Å². The fourth-order valence-corrected chi connectivity index (χ4v) is 8.99. The first-order valence-corrected chi connectivity index (χ1v) is 12.7. The molecule has 4 aliphatic carbocycles. The molecule has 1 aliphatic heterocycles. The lowest BCUT2D eigenvalue weighted by atomic mass is 9.41. The third-order valence-electron chi connectivity index (χ3n) is 10.5. The molecule has 6 heteroatoms. The summed E-state index contributed by atoms with van der Waals surface area (Å²) in [6.45, 7) is 7.23. The molecule has 0 amide bonds. The van der Waals surface area contributed by atoms with Gasteiger partial charge in [-0.25, -0.2) is 0 Å². The van der Waals surface area contributed by atoms with Gasteiger partial charge < -0.3 is 29.9 Å². The van der Waals surface area contributed by atoms with Gasteiger partial charge in [0.05, 0.1) is 13.2 Å². The summed E-state index contributed by atoms with van der Waals surface area (Å²) in [6, 6.07) is 0. The molecule has 4 fully saturated rings. The van der Waals surface area contributed by atoms with Crippen LogP contribution in [-0.4, -0.2) is 64.3 Å². The fraction of sp³-hybridized carbons (Fsp3) is 0.923. The minimum Gasteiger partial charge on any atom is -0.394 e. The summed E-state index contributed by atoms with van der Waals surface area (Å²) < 4.78 is 11.8. The Morgan fingerprint density at radius 2 is 1.78 bits per heavy atom. The van der Waals surface area contributed by atoms with E-state index in [1.165, 1.54) is 44.9 Å². The van der Waals surface area contributed by atoms with Gasteiger partial charge in [0.15, 0.2) is 6.29 Å². The molecule has 2 unspecified atom stereocenters. The average molecular weight is 451 g/mol. The second kappa shape index (κ2) is 8.03. The number of aliphatic hydroxyl groups excluding tert-OH is 4. The van der Waals surface area contributed by atoms with E-state index in [0.717, 1.165) is 18.3 Å². The summed E-state index contributed by atoms with van der Waals surface area (Å²) in [5, 5.41) is 40.1. The molecule has 0 radical (unpaired) electrons. The molecule has 2 bridgehead atoms. The summed E-state index contributed by atoms with van der Waals surface area (Å²) in [4.78, 5) is 0. The van der Waals surface area contributed by atoms with Crippen LogP contribution in [0, 0.1) is 34.0 Å². The minimum atomic E-state index is -1.39. The lowest BCUT2D eigenvalue weighted by Crippen LogP contribution is -2.60. The maximum Gasteiger partial charge on any atom is 0.186 e. The van der Waals surface area contributed by atoms with Crippen molar-refractivity contribution in [3.05, 3.63) is 11.6 Å². The van der Waals surface area contributed by atoms with Crippen LogP contribution >= 0.6 is 0 Å². The molecule has 32 heavy (non-hydrogen) atoms. The highest BCUT2D eigenvalue weighted by molar-refractivity contribution is 5.27. The van der Waals surface area contributed by atoms with Gasteiger partial charge in [0.1, 0.15) is 24.4 Å². The Morgan fingerprint density at radius 1 is 1.00 bits per heavy atom. The van der Waals surface area contributed by atoms with Crippen molar-refractivity contribution in [1.82, 2.24) is 0 Å². The van der Waals surface area contributed by atoms with Gasteiger partial charge in [0.25, 0.3) is 0 Å². The summed E-state index contributed by atoms with van der Waals surface area (Å²) in [6.07, 6.45) is 6.64. The summed E-state index contributed by atoms with van der Waals surface area (Å²) in [5.74, 6) is 2.08. The van der Waals surface area contributed by atoms with Crippen LogP contribution < -0.4 is 0 Å². The van der Waals surface area contributed by atoms with Crippen molar-refractivity contribution < 1.29 is 29.9 Å². The fourth-order valence-electron chi connectivity index (χ4n) is 8.99. The topological polar surface area (TPSA) is 99.4 Å². The van der Waals surface area contributed by atoms with Gasteiger partial charge in [-0.15, -0.1) is 0 Å². The van der Waals surface area contributed by atoms with E-state index >= 15 is 0 Å². The molecule has 11 atom stereocenters. The SMILES string of the molecule is CC1=C[C@@]23CCC4[C@](C)(CO[C@@H]5O[C@H](CO)[C@@H](O)[C@H](O)[C@H]5O)CCC[C@@]4(C)C2CC[C@@H]1C3. The zero-order chi connectivity index (χ0) is 22.9. The van der Waals surface area contributed by atoms with Gasteiger partial charge in [-0.3, -0.25) is 0 Å². The summed E-state index contributed by atoms with van der Waals surface area (Å²) in [7, 11) is 0. The number of ether oxygens (including phenoxy) is 2. The third-order valence-corrected chi connectivity index (χ3v) is 10.5. The van der Waals surface area contributed by atoms with Crippen molar-refractivity contribution in [1.29, 1.82) is 0 Å². The Labute approximate surface area is 192 Å². The van der Waals surface area contributed by atoms with Gasteiger partial charge in [-0.1, -0.05) is 31.9 Å². The Hall–Kier alpha value is -0.500. The van der Waals surface area contributed by atoms with E-state index in [1.807, 2.05) is 0 Å². The molecule has 3 saturated carbocycles. The largest absolute Gasteiger partial charge is 0.394 e. The van der Waals surface area contributed by atoms with Gasteiger partial charge in [-0.2, -0.15) is 0 Å². The molecule has 0 aromatic rings. The van der Waals surface area contributed by atoms with E-state index in [2.05, 4.69) is 26.8 Å². The van der Waals surface area contributed by atoms with Gasteiger partial charge in [0, 0.05) is 0 Å². The second-order valence-corrected chi connectivity index (χ2v) is 12.3. The van der Waals surface area contributed by atoms with Crippen LogP contribution in [0.15, 0.2) is 11.6 Å². The number of hydrogen-bond acceptors (Lipinski definition) is 6. The Kier molecular flexibility index (Phi) is 5.83. The highest BCUT2D eigenvalue weighted by Crippen LogP contribution is 2.70. The second-order valence-electron chi connectivity index (χ2n) is 12.3. The first kappa shape index (κ1) is 23.3. The Morgan fingerprint density at radius 3 is 2.53 bits per heavy atom. The molecule has 0 aromatic carbocycles. The van der Waals surface area contributed by atoms with Crippen molar-refractivity contribution in [2.75, 3.05) is 13.2 Å². The van der Waals surface area contributed by atoms with Crippen LogP contribution in [0.3, 0.4) is 0 Å². The maximum atomic E-state index is 10.4. The van der Waals surface area contributed by atoms with E-state index in [0.29, 0.717) is 17.9 Å². The standard InChI is InChI=1S/C26H42O6/c1-15-11-26-10-7-18-24(2,8-4-9-25(18,3)19(26)6-5-16(15)12-26)14-31-23-22(30)21(29)20(28)17(13-27)32-23/h11,16-23,27-30H,4-10,12-14H2,1-3H3/t16-,17-,18?,19?,20-,21+,22-,23-,24+,25-,26-/m1/s1. The zero-order valence-corrected chi connectivity index (χ0v) is 19.9. The smallest absolute Gasteiger partial charge is 0.186 e. The molecule has 1 saturated heterocycles. The van der Waals surface area contributed by atoms with Crippen molar-refractivity contribution >= 4 is 0 Å². The number of hydrogen-bond donors (Lipinski definition) is 4. The summed E-state index contributed by atoms with van der Waals surface area (Å²) in [5.41, 5.74) is 2.28. The van der Waals surface area contributed by atoms with Crippen molar-refractivity contribution in [3.63, 3.8) is 0 Å². The predicted molar refractivity (Wildman–Crippen MR) is 120 cm³/mol. The zero-order valence-electron chi connectivity index (χ0n) is 19.9. The van der Waals surface area contributed by atoms with E-state index in [1.54, 1.807) is 5.57 Å². The molecule has 5 rings (SSSR count). The average Bonchev–Trinajstić information content (AvgIpc) is 2.99. The number of aliphatic hydroxyl groups is 4. The van der Waals surface area contributed by atoms with E-state index < -0.39 is 37.3 Å². The molecular formula is C26H42O6. The van der Waals surface area contributed by atoms with E-state index in [4.69, 9.17) is 9.47 Å². The van der Waals surface area contributed by atoms with Crippen LogP contribution in [0.5, 0.6) is 0 Å². The Bertz CT molecular complexity index is 753. The lowest BCUT2D eigenvalue weighted by molar-refractivity contribution is -0.310. The van der Waals surface area contributed by atoms with Gasteiger partial charge >= 0.3 is 0 Å². The van der Waals surface area contributed by atoms with Crippen LogP contribution in [0.25, 0.3) is 0 Å². The van der Waals surface area contributed by atoms with Crippen molar-refractivity contribution in [3.8, 4) is 0 Å². The molecule has 0 aromatic heterocycles. The first-order valence-electron chi connectivity index (χ1n) is 12.7. The third kappa shape index (κ3) is 3.36. The number of fused-ring (bicyclic) bond motifs is 3. The summed E-state index contributed by atoms with van der Waals surface area (Å²) >= 11 is 0.